The van der Waals surface area contributed by atoms with Gasteiger partial charge in [-0.1, -0.05) is 140 Å². The molecular formula is C46H27N3. The van der Waals surface area contributed by atoms with E-state index in [4.69, 9.17) is 6.57 Å². The van der Waals surface area contributed by atoms with E-state index in [1.807, 2.05) is 6.07 Å². The van der Waals surface area contributed by atoms with Gasteiger partial charge in [0, 0.05) is 16.5 Å². The first-order valence-corrected chi connectivity index (χ1v) is 16.3. The molecule has 1 heterocycles. The average Bonchev–Trinajstić information content (AvgIpc) is 3.51. The Morgan fingerprint density at radius 1 is 0.429 bits per heavy atom. The van der Waals surface area contributed by atoms with E-state index < -0.39 is 0 Å². The van der Waals surface area contributed by atoms with Crippen LogP contribution in [0, 0.1) is 17.9 Å². The van der Waals surface area contributed by atoms with E-state index in [0.717, 1.165) is 71.6 Å². The Morgan fingerprint density at radius 3 is 1.43 bits per heavy atom. The summed E-state index contributed by atoms with van der Waals surface area (Å²) in [4.78, 5) is 4.07. The van der Waals surface area contributed by atoms with Crippen molar-refractivity contribution in [2.75, 3.05) is 0 Å². The van der Waals surface area contributed by atoms with Crippen LogP contribution < -0.4 is 0 Å². The number of para-hydroxylation sites is 2. The molecule has 0 saturated heterocycles. The normalized spacial score (nSPS) is 11.2. The lowest BCUT2D eigenvalue weighted by Crippen LogP contribution is -1.96. The first kappa shape index (κ1) is 28.3. The van der Waals surface area contributed by atoms with Crippen LogP contribution in [0.15, 0.2) is 164 Å². The molecule has 49 heavy (non-hydrogen) atoms. The lowest BCUT2D eigenvalue weighted by molar-refractivity contribution is 1.18. The van der Waals surface area contributed by atoms with Crippen LogP contribution in [-0.2, 0) is 0 Å². The van der Waals surface area contributed by atoms with Crippen molar-refractivity contribution in [3.8, 4) is 45.1 Å². The standard InChI is InChI=1S/C46H27N3/c1-48-40-28-25-32(29-47)43(31-23-26-33(27-24-31)49-41-21-11-9-15-34(41)35-16-10-12-22-42(35)49)46(40)45-38-19-7-5-17-36(38)44(30-13-3-2-4-14-30)37-18-6-8-20-39(37)45/h2-28H. The monoisotopic (exact) mass is 621 g/mol. The Balaban J connectivity index is 1.34. The predicted octanol–water partition coefficient (Wildman–Crippen LogP) is 12.5. The van der Waals surface area contributed by atoms with Crippen LogP contribution in [0.3, 0.4) is 0 Å². The largest absolute Gasteiger partial charge is 0.309 e. The minimum absolute atomic E-state index is 0.517. The van der Waals surface area contributed by atoms with Crippen LogP contribution in [-0.4, -0.2) is 4.57 Å². The summed E-state index contributed by atoms with van der Waals surface area (Å²) >= 11 is 0. The van der Waals surface area contributed by atoms with Gasteiger partial charge in [-0.2, -0.15) is 5.26 Å². The highest BCUT2D eigenvalue weighted by Gasteiger charge is 2.23. The van der Waals surface area contributed by atoms with Crippen LogP contribution in [0.1, 0.15) is 5.56 Å². The van der Waals surface area contributed by atoms with Gasteiger partial charge in [0.05, 0.1) is 29.2 Å². The smallest absolute Gasteiger partial charge is 0.195 e. The van der Waals surface area contributed by atoms with E-state index in [1.54, 1.807) is 12.1 Å². The van der Waals surface area contributed by atoms with Gasteiger partial charge in [0.2, 0.25) is 0 Å². The zero-order valence-electron chi connectivity index (χ0n) is 26.4. The molecule has 0 aliphatic heterocycles. The Morgan fingerprint density at radius 2 is 0.898 bits per heavy atom. The van der Waals surface area contributed by atoms with E-state index in [-0.39, 0.29) is 0 Å². The molecule has 0 fully saturated rings. The highest BCUT2D eigenvalue weighted by atomic mass is 15.0. The maximum absolute atomic E-state index is 10.5. The Bertz CT molecular complexity index is 2720. The quantitative estimate of drug-likeness (QED) is 0.142. The topological polar surface area (TPSA) is 33.1 Å². The van der Waals surface area contributed by atoms with E-state index in [1.165, 1.54) is 10.8 Å². The molecule has 0 bridgehead atoms. The molecule has 1 aromatic heterocycles. The fourth-order valence-electron chi connectivity index (χ4n) is 7.62. The van der Waals surface area contributed by atoms with Gasteiger partial charge in [-0.05, 0) is 79.2 Å². The van der Waals surface area contributed by atoms with E-state index >= 15 is 0 Å². The molecule has 0 atom stereocenters. The van der Waals surface area contributed by atoms with Gasteiger partial charge in [-0.3, -0.25) is 0 Å². The van der Waals surface area contributed by atoms with Crippen LogP contribution in [0.2, 0.25) is 0 Å². The van der Waals surface area contributed by atoms with Gasteiger partial charge in [0.15, 0.2) is 5.69 Å². The molecule has 3 nitrogen and oxygen atoms in total. The number of nitriles is 1. The number of rotatable bonds is 4. The first-order chi connectivity index (χ1) is 24.3. The number of hydrogen-bond donors (Lipinski definition) is 0. The van der Waals surface area contributed by atoms with Gasteiger partial charge in [-0.25, -0.2) is 4.85 Å². The fraction of sp³-hybridized carbons (Fsp3) is 0. The molecule has 0 amide bonds. The molecule has 0 radical (unpaired) electrons. The zero-order valence-corrected chi connectivity index (χ0v) is 26.4. The third-order valence-electron chi connectivity index (χ3n) is 9.66. The lowest BCUT2D eigenvalue weighted by atomic mass is 9.82. The molecular weight excluding hydrogens is 595 g/mol. The number of fused-ring (bicyclic) bond motifs is 5. The fourth-order valence-corrected chi connectivity index (χ4v) is 7.62. The third kappa shape index (κ3) is 4.35. The van der Waals surface area contributed by atoms with Crippen molar-refractivity contribution in [2.45, 2.75) is 0 Å². The summed E-state index contributed by atoms with van der Waals surface area (Å²) in [5.41, 5.74) is 10.1. The summed E-state index contributed by atoms with van der Waals surface area (Å²) in [7, 11) is 0. The minimum Gasteiger partial charge on any atom is -0.309 e. The molecule has 3 heteroatoms. The van der Waals surface area contributed by atoms with E-state index in [9.17, 15) is 5.26 Å². The second kappa shape index (κ2) is 11.4. The summed E-state index contributed by atoms with van der Waals surface area (Å²) in [6, 6.07) is 58.8. The number of aromatic nitrogens is 1. The molecule has 0 unspecified atom stereocenters. The summed E-state index contributed by atoms with van der Waals surface area (Å²) in [6.45, 7) is 8.33. The van der Waals surface area contributed by atoms with Crippen molar-refractivity contribution in [3.63, 3.8) is 0 Å². The molecule has 0 aliphatic rings. The van der Waals surface area contributed by atoms with Crippen molar-refractivity contribution in [1.29, 1.82) is 5.26 Å². The lowest BCUT2D eigenvalue weighted by Gasteiger charge is -2.21. The summed E-state index contributed by atoms with van der Waals surface area (Å²) in [5, 5.41) is 17.3. The molecule has 8 aromatic carbocycles. The van der Waals surface area contributed by atoms with Crippen molar-refractivity contribution in [1.82, 2.24) is 4.57 Å². The summed E-state index contributed by atoms with van der Waals surface area (Å²) < 4.78 is 2.29. The Labute approximate surface area is 284 Å². The number of hydrogen-bond acceptors (Lipinski definition) is 1. The van der Waals surface area contributed by atoms with Crippen LogP contribution in [0.4, 0.5) is 5.69 Å². The molecule has 0 saturated carbocycles. The molecule has 9 aromatic rings. The van der Waals surface area contributed by atoms with Gasteiger partial charge in [0.1, 0.15) is 0 Å². The van der Waals surface area contributed by atoms with Crippen molar-refractivity contribution >= 4 is 49.0 Å². The minimum atomic E-state index is 0.517. The maximum atomic E-state index is 10.5. The third-order valence-corrected chi connectivity index (χ3v) is 9.66. The van der Waals surface area contributed by atoms with E-state index in [2.05, 4.69) is 161 Å². The average molecular weight is 622 g/mol. The molecule has 0 N–H and O–H groups in total. The maximum Gasteiger partial charge on any atom is 0.195 e. The molecule has 0 aliphatic carbocycles. The van der Waals surface area contributed by atoms with Crippen molar-refractivity contribution in [3.05, 3.63) is 181 Å². The molecule has 0 spiro atoms. The second-order valence-electron chi connectivity index (χ2n) is 12.2. The second-order valence-corrected chi connectivity index (χ2v) is 12.2. The van der Waals surface area contributed by atoms with Gasteiger partial charge in [-0.15, -0.1) is 0 Å². The van der Waals surface area contributed by atoms with Crippen LogP contribution in [0.5, 0.6) is 0 Å². The van der Waals surface area contributed by atoms with Crippen molar-refractivity contribution in [2.24, 2.45) is 0 Å². The number of benzene rings is 8. The highest BCUT2D eigenvalue weighted by molar-refractivity contribution is 6.24. The first-order valence-electron chi connectivity index (χ1n) is 16.3. The molecule has 9 rings (SSSR count). The van der Waals surface area contributed by atoms with Gasteiger partial charge >= 0.3 is 0 Å². The van der Waals surface area contributed by atoms with Crippen LogP contribution >= 0.6 is 0 Å². The Kier molecular flexibility index (Phi) is 6.58. The summed E-state index contributed by atoms with van der Waals surface area (Å²) in [6.07, 6.45) is 0. The predicted molar refractivity (Wildman–Crippen MR) is 203 cm³/mol. The summed E-state index contributed by atoms with van der Waals surface area (Å²) in [5.74, 6) is 0. The SMILES string of the molecule is [C-]#[N+]c1ccc(C#N)c(-c2ccc(-n3c4ccccc4c4ccccc43)cc2)c1-c1c2ccccc2c(-c2ccccc2)c2ccccc12. The number of nitrogens with zero attached hydrogens (tertiary/aromatic N) is 3. The molecule has 226 valence electrons. The highest BCUT2D eigenvalue weighted by Crippen LogP contribution is 2.50. The zero-order chi connectivity index (χ0) is 32.9. The Hall–Kier alpha value is -6.94. The van der Waals surface area contributed by atoms with Crippen molar-refractivity contribution < 1.29 is 0 Å². The van der Waals surface area contributed by atoms with E-state index in [0.29, 0.717) is 11.3 Å². The van der Waals surface area contributed by atoms with Crippen LogP contribution in [0.25, 0.3) is 87.3 Å². The van der Waals surface area contributed by atoms with Gasteiger partial charge in [0.25, 0.3) is 0 Å². The van der Waals surface area contributed by atoms with Gasteiger partial charge < -0.3 is 4.57 Å².